The number of fused-ring (bicyclic) bond motifs is 1. The summed E-state index contributed by atoms with van der Waals surface area (Å²) in [5.74, 6) is -2.01. The van der Waals surface area contributed by atoms with Crippen molar-refractivity contribution in [2.75, 3.05) is 0 Å². The summed E-state index contributed by atoms with van der Waals surface area (Å²) in [7, 11) is 0. The Kier molecular flexibility index (Phi) is 5.83. The van der Waals surface area contributed by atoms with Gasteiger partial charge in [-0.05, 0) is 41.8 Å². The van der Waals surface area contributed by atoms with E-state index in [1.54, 1.807) is 18.2 Å². The maximum Gasteiger partial charge on any atom is 0.462 e. The lowest BCUT2D eigenvalue weighted by Crippen LogP contribution is -2.24. The number of benzene rings is 2. The maximum absolute atomic E-state index is 14.6. The fourth-order valence-electron chi connectivity index (χ4n) is 2.96. The molecule has 0 N–H and O–H groups in total. The molecular weight excluding hydrogens is 467 g/mol. The molecule has 0 bridgehead atoms. The first-order valence-corrected chi connectivity index (χ1v) is 9.36. The van der Waals surface area contributed by atoms with Crippen molar-refractivity contribution in [1.82, 2.24) is 15.0 Å². The van der Waals surface area contributed by atoms with Gasteiger partial charge >= 0.3 is 12.3 Å². The second kappa shape index (κ2) is 8.62. The van der Waals surface area contributed by atoms with E-state index in [1.807, 2.05) is 0 Å². The van der Waals surface area contributed by atoms with E-state index in [2.05, 4.69) is 19.7 Å². The zero-order valence-electron chi connectivity index (χ0n) is 16.7. The van der Waals surface area contributed by atoms with E-state index in [-0.39, 0.29) is 10.8 Å². The predicted molar refractivity (Wildman–Crippen MR) is 107 cm³/mol. The van der Waals surface area contributed by atoms with Crippen molar-refractivity contribution in [3.8, 4) is 28.8 Å². The molecule has 4 aromatic rings. The molecule has 0 aliphatic carbocycles. The molecule has 2 aromatic carbocycles. The highest BCUT2D eigenvalue weighted by atomic mass is 19.4. The van der Waals surface area contributed by atoms with Crippen LogP contribution >= 0.6 is 0 Å². The first kappa shape index (κ1) is 23.0. The smallest absolute Gasteiger partial charge is 0.427 e. The average molecular weight is 477 g/mol. The van der Waals surface area contributed by atoms with Crippen molar-refractivity contribution in [3.63, 3.8) is 0 Å². The predicted octanol–water partition coefficient (Wildman–Crippen LogP) is 6.01. The third-order valence-electron chi connectivity index (χ3n) is 4.45. The van der Waals surface area contributed by atoms with Gasteiger partial charge in [-0.25, -0.2) is 18.7 Å². The van der Waals surface area contributed by atoms with Crippen molar-refractivity contribution in [1.29, 1.82) is 0 Å². The van der Waals surface area contributed by atoms with Crippen LogP contribution in [0.4, 0.5) is 30.7 Å². The Labute approximate surface area is 187 Å². The fourth-order valence-corrected chi connectivity index (χ4v) is 2.96. The Hall–Kier alpha value is -4.20. The molecular formula is C23H10F7N3O. The minimum Gasteiger partial charge on any atom is -0.427 e. The SMILES string of the molecule is Fc1cc2cc(OC(F)(F)c3ncc(-c4ccccn4)cn3)ccc2c(F)c1C#CC(F)(F)F. The van der Waals surface area contributed by atoms with E-state index in [4.69, 9.17) is 0 Å². The van der Waals surface area contributed by atoms with E-state index in [9.17, 15) is 30.7 Å². The van der Waals surface area contributed by atoms with Gasteiger partial charge in [-0.1, -0.05) is 12.0 Å². The van der Waals surface area contributed by atoms with Crippen molar-refractivity contribution in [2.45, 2.75) is 12.3 Å². The molecule has 0 saturated carbocycles. The highest BCUT2D eigenvalue weighted by molar-refractivity contribution is 5.86. The summed E-state index contributed by atoms with van der Waals surface area (Å²) in [6.45, 7) is 0. The lowest BCUT2D eigenvalue weighted by Gasteiger charge is -2.17. The molecule has 0 spiro atoms. The molecule has 0 atom stereocenters. The van der Waals surface area contributed by atoms with E-state index in [0.29, 0.717) is 17.3 Å². The van der Waals surface area contributed by atoms with Crippen LogP contribution in [0.5, 0.6) is 5.75 Å². The molecule has 4 rings (SSSR count). The number of ether oxygens (including phenoxy) is 1. The number of alkyl halides is 5. The quantitative estimate of drug-likeness (QED) is 0.267. The Morgan fingerprint density at radius 1 is 0.853 bits per heavy atom. The summed E-state index contributed by atoms with van der Waals surface area (Å²) in [6, 6.07) is 8.49. The first-order chi connectivity index (χ1) is 16.0. The van der Waals surface area contributed by atoms with Crippen LogP contribution in [0.3, 0.4) is 0 Å². The van der Waals surface area contributed by atoms with Crippen molar-refractivity contribution in [2.24, 2.45) is 0 Å². The van der Waals surface area contributed by atoms with Gasteiger partial charge in [0.1, 0.15) is 17.4 Å². The molecule has 4 nitrogen and oxygen atoms in total. The van der Waals surface area contributed by atoms with Gasteiger partial charge in [-0.2, -0.15) is 22.0 Å². The number of rotatable bonds is 4. The van der Waals surface area contributed by atoms with Crippen LogP contribution in [0.1, 0.15) is 11.4 Å². The number of hydrogen-bond acceptors (Lipinski definition) is 4. The molecule has 11 heteroatoms. The third kappa shape index (κ3) is 4.91. The van der Waals surface area contributed by atoms with Crippen LogP contribution in [0.2, 0.25) is 0 Å². The molecule has 0 aliphatic rings. The molecule has 0 radical (unpaired) electrons. The van der Waals surface area contributed by atoms with Crippen LogP contribution in [0.25, 0.3) is 22.0 Å². The van der Waals surface area contributed by atoms with Crippen molar-refractivity contribution < 1.29 is 35.5 Å². The fraction of sp³-hybridized carbons (Fsp3) is 0.0870. The van der Waals surface area contributed by atoms with Gasteiger partial charge in [0.25, 0.3) is 0 Å². The van der Waals surface area contributed by atoms with E-state index < -0.39 is 41.1 Å². The summed E-state index contributed by atoms with van der Waals surface area (Å²) < 4.78 is 99.2. The van der Waals surface area contributed by atoms with Gasteiger partial charge in [0.15, 0.2) is 0 Å². The maximum atomic E-state index is 14.6. The molecule has 0 aliphatic heterocycles. The average Bonchev–Trinajstić information content (AvgIpc) is 2.78. The molecule has 0 fully saturated rings. The van der Waals surface area contributed by atoms with E-state index in [1.165, 1.54) is 12.1 Å². The second-order valence-electron chi connectivity index (χ2n) is 6.81. The van der Waals surface area contributed by atoms with Crippen molar-refractivity contribution in [3.05, 3.63) is 84.1 Å². The van der Waals surface area contributed by atoms with Crippen LogP contribution in [-0.2, 0) is 6.11 Å². The van der Waals surface area contributed by atoms with Gasteiger partial charge in [-0.3, -0.25) is 4.98 Å². The number of halogens is 7. The van der Waals surface area contributed by atoms with Crippen LogP contribution in [0, 0.1) is 23.5 Å². The van der Waals surface area contributed by atoms with Gasteiger partial charge in [0, 0.05) is 35.5 Å². The number of pyridine rings is 1. The normalized spacial score (nSPS) is 11.7. The highest BCUT2D eigenvalue weighted by Gasteiger charge is 2.38. The lowest BCUT2D eigenvalue weighted by molar-refractivity contribution is -0.191. The second-order valence-corrected chi connectivity index (χ2v) is 6.81. The zero-order chi connectivity index (χ0) is 24.5. The van der Waals surface area contributed by atoms with Crippen LogP contribution in [-0.4, -0.2) is 21.1 Å². The van der Waals surface area contributed by atoms with E-state index in [0.717, 1.165) is 36.5 Å². The van der Waals surface area contributed by atoms with Gasteiger partial charge in [0.05, 0.1) is 11.3 Å². The highest BCUT2D eigenvalue weighted by Crippen LogP contribution is 2.33. The molecule has 2 aromatic heterocycles. The van der Waals surface area contributed by atoms with Gasteiger partial charge < -0.3 is 4.74 Å². The number of nitrogens with zero attached hydrogens (tertiary/aromatic N) is 3. The largest absolute Gasteiger partial charge is 0.462 e. The molecule has 34 heavy (non-hydrogen) atoms. The first-order valence-electron chi connectivity index (χ1n) is 9.36. The lowest BCUT2D eigenvalue weighted by atomic mass is 10.0. The van der Waals surface area contributed by atoms with Crippen LogP contribution < -0.4 is 4.74 Å². The molecule has 172 valence electrons. The molecule has 2 heterocycles. The number of aromatic nitrogens is 3. The standard InChI is InChI=1S/C23H10F7N3O/c24-18-10-13-9-15(4-5-16(13)20(25)17(18)6-7-22(26,27)28)34-23(29,30)21-32-11-14(12-33-21)19-3-1-2-8-31-19/h1-5,8-12H. The molecule has 0 unspecified atom stereocenters. The van der Waals surface area contributed by atoms with Gasteiger partial charge in [0.2, 0.25) is 5.82 Å². The Morgan fingerprint density at radius 2 is 1.59 bits per heavy atom. The minimum atomic E-state index is -4.95. The third-order valence-corrected chi connectivity index (χ3v) is 4.45. The molecule has 0 amide bonds. The molecule has 0 saturated heterocycles. The number of hydrogen-bond donors (Lipinski definition) is 0. The van der Waals surface area contributed by atoms with Gasteiger partial charge in [-0.15, -0.1) is 0 Å². The summed E-state index contributed by atoms with van der Waals surface area (Å²) in [4.78, 5) is 11.3. The monoisotopic (exact) mass is 477 g/mol. The van der Waals surface area contributed by atoms with E-state index >= 15 is 0 Å². The Morgan fingerprint density at radius 3 is 2.24 bits per heavy atom. The van der Waals surface area contributed by atoms with Crippen LogP contribution in [0.15, 0.2) is 61.1 Å². The minimum absolute atomic E-state index is 0.229. The summed E-state index contributed by atoms with van der Waals surface area (Å²) in [5, 5.41) is -0.563. The Bertz CT molecular complexity index is 1410. The topological polar surface area (TPSA) is 47.9 Å². The van der Waals surface area contributed by atoms with Crippen molar-refractivity contribution >= 4 is 10.8 Å². The summed E-state index contributed by atoms with van der Waals surface area (Å²) in [6.07, 6.45) is -5.17. The summed E-state index contributed by atoms with van der Waals surface area (Å²) in [5.41, 5.74) is -0.234. The Balaban J connectivity index is 1.62. The zero-order valence-corrected chi connectivity index (χ0v) is 16.7. The summed E-state index contributed by atoms with van der Waals surface area (Å²) >= 11 is 0.